The van der Waals surface area contributed by atoms with Crippen LogP contribution in [0.15, 0.2) is 32.2 Å². The van der Waals surface area contributed by atoms with Crippen LogP contribution in [0.4, 0.5) is 0 Å². The van der Waals surface area contributed by atoms with Crippen molar-refractivity contribution in [3.63, 3.8) is 0 Å². The fraction of sp³-hybridized carbons (Fsp3) is 0.565. The van der Waals surface area contributed by atoms with E-state index in [9.17, 15) is 13.2 Å². The van der Waals surface area contributed by atoms with Crippen molar-refractivity contribution >= 4 is 28.1 Å². The molecule has 9 nitrogen and oxygen atoms in total. The van der Waals surface area contributed by atoms with Crippen LogP contribution in [-0.4, -0.2) is 68.0 Å². The van der Waals surface area contributed by atoms with Crippen LogP contribution < -0.4 is 5.32 Å². The monoisotopic (exact) mass is 476 g/mol. The number of aromatic nitrogens is 1. The number of furan rings is 1. The number of nitrogens with one attached hydrogen (secondary N) is 1. The van der Waals surface area contributed by atoms with Crippen molar-refractivity contribution < 1.29 is 22.2 Å². The lowest BCUT2D eigenvalue weighted by Crippen LogP contribution is -2.43. The van der Waals surface area contributed by atoms with Crippen LogP contribution in [0.1, 0.15) is 49.3 Å². The van der Waals surface area contributed by atoms with Gasteiger partial charge in [-0.2, -0.15) is 4.31 Å². The van der Waals surface area contributed by atoms with Crippen LogP contribution in [0.2, 0.25) is 0 Å². The standard InChI is InChI=1S/C23H32N4O5S/c1-18-22(21(32-25-18)8-7-20-6-4-17-31-20)33(29,30)27-15-9-19(10-16-27)23(28)24-11-5-14-26-12-2-3-13-26/h4,6-8,17,19H,2-3,5,9-16H2,1H3,(H,24,28)/b8-7+. The zero-order valence-electron chi connectivity index (χ0n) is 19.0. The molecule has 10 heteroatoms. The van der Waals surface area contributed by atoms with Crippen LogP contribution in [-0.2, 0) is 14.8 Å². The second kappa shape index (κ2) is 10.7. The maximum Gasteiger partial charge on any atom is 0.248 e. The lowest BCUT2D eigenvalue weighted by Gasteiger charge is -2.30. The molecule has 33 heavy (non-hydrogen) atoms. The fourth-order valence-electron chi connectivity index (χ4n) is 4.49. The average Bonchev–Trinajstić information content (AvgIpc) is 3.58. The summed E-state index contributed by atoms with van der Waals surface area (Å²) in [6.45, 7) is 6.20. The minimum atomic E-state index is -3.79. The van der Waals surface area contributed by atoms with Crippen molar-refractivity contribution in [1.82, 2.24) is 19.7 Å². The highest BCUT2D eigenvalue weighted by Crippen LogP contribution is 2.29. The molecule has 0 aromatic carbocycles. The molecule has 0 saturated carbocycles. The van der Waals surface area contributed by atoms with Gasteiger partial charge in [-0.05, 0) is 82.9 Å². The maximum absolute atomic E-state index is 13.3. The first kappa shape index (κ1) is 23.7. The smallest absolute Gasteiger partial charge is 0.248 e. The number of piperidine rings is 1. The van der Waals surface area contributed by atoms with Gasteiger partial charge in [0.25, 0.3) is 0 Å². The first-order valence-electron chi connectivity index (χ1n) is 11.6. The van der Waals surface area contributed by atoms with Gasteiger partial charge in [-0.1, -0.05) is 5.16 Å². The number of nitrogens with zero attached hydrogens (tertiary/aromatic N) is 3. The third-order valence-corrected chi connectivity index (χ3v) is 8.40. The van der Waals surface area contributed by atoms with Gasteiger partial charge in [-0.3, -0.25) is 4.79 Å². The SMILES string of the molecule is Cc1noc(/C=C/c2ccco2)c1S(=O)(=O)N1CCC(C(=O)NCCCN2CCCC2)CC1. The summed E-state index contributed by atoms with van der Waals surface area (Å²) in [6.07, 6.45) is 9.20. The first-order valence-corrected chi connectivity index (χ1v) is 13.1. The zero-order chi connectivity index (χ0) is 23.3. The van der Waals surface area contributed by atoms with Crippen LogP contribution in [0.5, 0.6) is 0 Å². The molecule has 1 N–H and O–H groups in total. The van der Waals surface area contributed by atoms with Gasteiger partial charge in [0.1, 0.15) is 11.5 Å². The van der Waals surface area contributed by atoms with E-state index in [1.807, 2.05) is 0 Å². The van der Waals surface area contributed by atoms with E-state index < -0.39 is 10.0 Å². The summed E-state index contributed by atoms with van der Waals surface area (Å²) in [7, 11) is -3.79. The van der Waals surface area contributed by atoms with Crippen LogP contribution in [0.3, 0.4) is 0 Å². The van der Waals surface area contributed by atoms with Gasteiger partial charge in [0.2, 0.25) is 15.9 Å². The molecule has 4 rings (SSSR count). The summed E-state index contributed by atoms with van der Waals surface area (Å²) < 4.78 is 38.6. The lowest BCUT2D eigenvalue weighted by molar-refractivity contribution is -0.126. The Bertz CT molecular complexity index is 1050. The Morgan fingerprint density at radius 1 is 1.21 bits per heavy atom. The number of carbonyl (C=O) groups excluding carboxylic acids is 1. The quantitative estimate of drug-likeness (QED) is 0.554. The number of rotatable bonds is 9. The van der Waals surface area contributed by atoms with Crippen molar-refractivity contribution in [2.24, 2.45) is 5.92 Å². The summed E-state index contributed by atoms with van der Waals surface area (Å²) in [5.41, 5.74) is 0.312. The molecule has 4 heterocycles. The number of hydrogen-bond donors (Lipinski definition) is 1. The summed E-state index contributed by atoms with van der Waals surface area (Å²) in [5, 5.41) is 6.89. The minimum Gasteiger partial charge on any atom is -0.465 e. The summed E-state index contributed by atoms with van der Waals surface area (Å²) in [4.78, 5) is 15.0. The fourth-order valence-corrected chi connectivity index (χ4v) is 6.21. The van der Waals surface area contributed by atoms with Crippen molar-refractivity contribution in [2.45, 2.75) is 43.9 Å². The number of sulfonamides is 1. The molecule has 2 aliphatic heterocycles. The number of hydrogen-bond acceptors (Lipinski definition) is 7. The van der Waals surface area contributed by atoms with Gasteiger partial charge in [0.05, 0.1) is 6.26 Å². The van der Waals surface area contributed by atoms with Crippen molar-refractivity contribution in [2.75, 3.05) is 39.3 Å². The molecule has 0 aliphatic carbocycles. The van der Waals surface area contributed by atoms with Gasteiger partial charge in [0, 0.05) is 25.6 Å². The third kappa shape index (κ3) is 5.74. The molecule has 0 bridgehead atoms. The average molecular weight is 477 g/mol. The Morgan fingerprint density at radius 2 is 1.97 bits per heavy atom. The number of amides is 1. The molecule has 1 amide bonds. The Kier molecular flexibility index (Phi) is 7.67. The van der Waals surface area contributed by atoms with Gasteiger partial charge < -0.3 is 19.2 Å². The number of likely N-dealkylation sites (tertiary alicyclic amines) is 1. The Balaban J connectivity index is 1.31. The number of carbonyl (C=O) groups is 1. The van der Waals surface area contributed by atoms with Gasteiger partial charge in [-0.15, -0.1) is 0 Å². The van der Waals surface area contributed by atoms with Crippen LogP contribution in [0, 0.1) is 12.8 Å². The predicted octanol–water partition coefficient (Wildman–Crippen LogP) is 2.75. The van der Waals surface area contributed by atoms with E-state index in [0.717, 1.165) is 26.1 Å². The van der Waals surface area contributed by atoms with Crippen LogP contribution >= 0.6 is 0 Å². The van der Waals surface area contributed by atoms with Crippen molar-refractivity contribution in [3.05, 3.63) is 35.6 Å². The number of aryl methyl sites for hydroxylation is 1. The molecule has 2 saturated heterocycles. The molecule has 2 fully saturated rings. The molecular formula is C23H32N4O5S. The molecular weight excluding hydrogens is 444 g/mol. The van der Waals surface area contributed by atoms with Crippen LogP contribution in [0.25, 0.3) is 12.2 Å². The molecule has 0 atom stereocenters. The molecule has 180 valence electrons. The molecule has 0 unspecified atom stereocenters. The van der Waals surface area contributed by atoms with Crippen molar-refractivity contribution in [3.8, 4) is 0 Å². The van der Waals surface area contributed by atoms with Gasteiger partial charge in [0.15, 0.2) is 10.7 Å². The largest absolute Gasteiger partial charge is 0.465 e. The first-order chi connectivity index (χ1) is 15.9. The molecule has 2 aromatic rings. The van der Waals surface area contributed by atoms with Crippen molar-refractivity contribution in [1.29, 1.82) is 0 Å². The highest BCUT2D eigenvalue weighted by Gasteiger charge is 2.35. The van der Waals surface area contributed by atoms with E-state index in [2.05, 4.69) is 15.4 Å². The third-order valence-electron chi connectivity index (χ3n) is 6.35. The molecule has 0 radical (unpaired) electrons. The second-order valence-electron chi connectivity index (χ2n) is 8.68. The molecule has 2 aromatic heterocycles. The Hall–Kier alpha value is -2.43. The molecule has 0 spiro atoms. The minimum absolute atomic E-state index is 0.0247. The highest BCUT2D eigenvalue weighted by molar-refractivity contribution is 7.89. The van der Waals surface area contributed by atoms with Gasteiger partial charge in [-0.25, -0.2) is 8.42 Å². The topological polar surface area (TPSA) is 109 Å². The normalized spacial score (nSPS) is 18.9. The Morgan fingerprint density at radius 3 is 2.67 bits per heavy atom. The van der Waals surface area contributed by atoms with E-state index in [0.29, 0.717) is 43.9 Å². The van der Waals surface area contributed by atoms with Gasteiger partial charge >= 0.3 is 0 Å². The summed E-state index contributed by atoms with van der Waals surface area (Å²) in [5.74, 6) is 0.614. The summed E-state index contributed by atoms with van der Waals surface area (Å²) in [6, 6.07) is 3.51. The molecule has 2 aliphatic rings. The Labute approximate surface area is 194 Å². The van der Waals surface area contributed by atoms with E-state index in [-0.39, 0.29) is 22.5 Å². The maximum atomic E-state index is 13.3. The van der Waals surface area contributed by atoms with E-state index >= 15 is 0 Å². The van der Waals surface area contributed by atoms with E-state index in [1.165, 1.54) is 23.4 Å². The predicted molar refractivity (Wildman–Crippen MR) is 124 cm³/mol. The van der Waals surface area contributed by atoms with E-state index in [1.54, 1.807) is 31.2 Å². The summed E-state index contributed by atoms with van der Waals surface area (Å²) >= 11 is 0. The highest BCUT2D eigenvalue weighted by atomic mass is 32.2. The zero-order valence-corrected chi connectivity index (χ0v) is 19.8. The lowest BCUT2D eigenvalue weighted by atomic mass is 9.97. The van der Waals surface area contributed by atoms with E-state index in [4.69, 9.17) is 8.94 Å². The second-order valence-corrected chi connectivity index (χ2v) is 10.6.